The number of para-hydroxylation sites is 2. The molecule has 0 radical (unpaired) electrons. The van der Waals surface area contributed by atoms with Gasteiger partial charge in [-0.2, -0.15) is 5.26 Å². The summed E-state index contributed by atoms with van der Waals surface area (Å²) in [6, 6.07) is 17.5. The fourth-order valence-corrected chi connectivity index (χ4v) is 4.80. The van der Waals surface area contributed by atoms with Crippen LogP contribution >= 0.6 is 11.3 Å². The zero-order valence-electron chi connectivity index (χ0n) is 14.9. The van der Waals surface area contributed by atoms with Crippen molar-refractivity contribution in [2.75, 3.05) is 25.0 Å². The first-order valence-corrected chi connectivity index (χ1v) is 10.0. The first-order chi connectivity index (χ1) is 13.2. The van der Waals surface area contributed by atoms with Crippen LogP contribution in [0.3, 0.4) is 0 Å². The van der Waals surface area contributed by atoms with Gasteiger partial charge in [0.2, 0.25) is 0 Å². The lowest BCUT2D eigenvalue weighted by molar-refractivity contribution is -0.898. The van der Waals surface area contributed by atoms with E-state index in [2.05, 4.69) is 23.5 Å². The van der Waals surface area contributed by atoms with E-state index < -0.39 is 0 Å². The molecule has 1 saturated heterocycles. The summed E-state index contributed by atoms with van der Waals surface area (Å²) in [5, 5.41) is 13.2. The predicted octanol–water partition coefficient (Wildman–Crippen LogP) is 2.57. The van der Waals surface area contributed by atoms with Gasteiger partial charge < -0.3 is 10.2 Å². The lowest BCUT2D eigenvalue weighted by atomic mass is 9.99. The maximum atomic E-state index is 12.5. The standard InChI is InChI=1S/C21H20N4OS/c22-12-15-6-1-2-8-17(15)23-20(26)14-25-11-5-7-16(13-25)21-24-18-9-3-4-10-19(18)27-21/h1-4,6,8-10,16H,5,7,11,13-14H2,(H,23,26)/p+1/t16-/m1/s1. The Hall–Kier alpha value is -2.75. The molecule has 0 aliphatic carbocycles. The van der Waals surface area contributed by atoms with Gasteiger partial charge in [-0.15, -0.1) is 11.3 Å². The first-order valence-electron chi connectivity index (χ1n) is 9.21. The van der Waals surface area contributed by atoms with Gasteiger partial charge in [-0.25, -0.2) is 4.98 Å². The Morgan fingerprint density at radius 1 is 1.26 bits per heavy atom. The topological polar surface area (TPSA) is 70.2 Å². The van der Waals surface area contributed by atoms with Crippen LogP contribution in [0.5, 0.6) is 0 Å². The maximum absolute atomic E-state index is 12.5. The monoisotopic (exact) mass is 377 g/mol. The number of fused-ring (bicyclic) bond motifs is 1. The summed E-state index contributed by atoms with van der Waals surface area (Å²) in [6.07, 6.45) is 2.22. The molecule has 2 heterocycles. The lowest BCUT2D eigenvalue weighted by Crippen LogP contribution is -3.14. The lowest BCUT2D eigenvalue weighted by Gasteiger charge is -2.28. The number of likely N-dealkylation sites (tertiary alicyclic amines) is 1. The molecule has 1 unspecified atom stereocenters. The number of hydrogen-bond donors (Lipinski definition) is 2. The third-order valence-corrected chi connectivity index (χ3v) is 6.21. The van der Waals surface area contributed by atoms with E-state index in [1.54, 1.807) is 29.5 Å². The van der Waals surface area contributed by atoms with Gasteiger partial charge >= 0.3 is 0 Å². The molecule has 0 saturated carbocycles. The summed E-state index contributed by atoms with van der Waals surface area (Å²) in [4.78, 5) is 18.6. The van der Waals surface area contributed by atoms with Gasteiger partial charge in [-0.1, -0.05) is 24.3 Å². The normalized spacial score (nSPS) is 19.5. The van der Waals surface area contributed by atoms with Gasteiger partial charge in [0.1, 0.15) is 11.1 Å². The molecule has 6 heteroatoms. The molecule has 0 spiro atoms. The highest BCUT2D eigenvalue weighted by Crippen LogP contribution is 2.30. The number of nitrogens with zero attached hydrogens (tertiary/aromatic N) is 2. The van der Waals surface area contributed by atoms with Crippen LogP contribution < -0.4 is 10.2 Å². The molecule has 27 heavy (non-hydrogen) atoms. The van der Waals surface area contributed by atoms with Crippen molar-refractivity contribution < 1.29 is 9.69 Å². The highest BCUT2D eigenvalue weighted by molar-refractivity contribution is 7.18. The molecule has 2 atom stereocenters. The third-order valence-electron chi connectivity index (χ3n) is 5.01. The largest absolute Gasteiger partial charge is 0.327 e. The van der Waals surface area contributed by atoms with Gasteiger partial charge in [0.15, 0.2) is 6.54 Å². The molecule has 1 amide bonds. The predicted molar refractivity (Wildman–Crippen MR) is 107 cm³/mol. The average molecular weight is 377 g/mol. The van der Waals surface area contributed by atoms with Gasteiger partial charge in [0, 0.05) is 0 Å². The number of benzene rings is 2. The van der Waals surface area contributed by atoms with E-state index in [0.29, 0.717) is 23.7 Å². The number of carbonyl (C=O) groups excluding carboxylic acids is 1. The number of aromatic nitrogens is 1. The van der Waals surface area contributed by atoms with Crippen LogP contribution in [0.25, 0.3) is 10.2 Å². The van der Waals surface area contributed by atoms with Crippen LogP contribution in [-0.4, -0.2) is 30.5 Å². The molecular weight excluding hydrogens is 356 g/mol. The quantitative estimate of drug-likeness (QED) is 0.734. The molecule has 1 aliphatic heterocycles. The molecule has 5 nitrogen and oxygen atoms in total. The minimum Gasteiger partial charge on any atom is -0.327 e. The van der Waals surface area contributed by atoms with Gasteiger partial charge in [-0.05, 0) is 37.1 Å². The number of anilines is 1. The minimum absolute atomic E-state index is 0.0438. The Morgan fingerprint density at radius 3 is 2.93 bits per heavy atom. The highest BCUT2D eigenvalue weighted by Gasteiger charge is 2.28. The van der Waals surface area contributed by atoms with Crippen molar-refractivity contribution in [1.82, 2.24) is 4.98 Å². The molecule has 3 aromatic rings. The summed E-state index contributed by atoms with van der Waals surface area (Å²) in [6.45, 7) is 2.34. The third kappa shape index (κ3) is 4.00. The Labute approximate surface area is 162 Å². The molecule has 1 aromatic heterocycles. The number of hydrogen-bond acceptors (Lipinski definition) is 4. The van der Waals surface area contributed by atoms with E-state index in [4.69, 9.17) is 10.2 Å². The number of piperidine rings is 1. The molecule has 2 aromatic carbocycles. The molecular formula is C21H21N4OS+. The molecule has 1 fully saturated rings. The van der Waals surface area contributed by atoms with Crippen LogP contribution in [0.2, 0.25) is 0 Å². The van der Waals surface area contributed by atoms with Crippen molar-refractivity contribution in [3.63, 3.8) is 0 Å². The summed E-state index contributed by atoms with van der Waals surface area (Å²) < 4.78 is 1.23. The zero-order valence-corrected chi connectivity index (χ0v) is 15.8. The summed E-state index contributed by atoms with van der Waals surface area (Å²) >= 11 is 1.77. The highest BCUT2D eigenvalue weighted by atomic mass is 32.1. The number of quaternary nitrogens is 1. The Bertz CT molecular complexity index is 974. The number of amides is 1. The van der Waals surface area contributed by atoms with Crippen LogP contribution in [-0.2, 0) is 4.79 Å². The average Bonchev–Trinajstić information content (AvgIpc) is 3.13. The Balaban J connectivity index is 1.41. The first kappa shape index (κ1) is 17.7. The Morgan fingerprint density at radius 2 is 2.07 bits per heavy atom. The van der Waals surface area contributed by atoms with Crippen molar-refractivity contribution in [3.05, 3.63) is 59.1 Å². The van der Waals surface area contributed by atoms with Gasteiger partial charge in [0.25, 0.3) is 5.91 Å². The number of nitrogens with one attached hydrogen (secondary N) is 2. The van der Waals surface area contributed by atoms with E-state index in [0.717, 1.165) is 31.4 Å². The molecule has 0 bridgehead atoms. The van der Waals surface area contributed by atoms with Gasteiger partial charge in [0.05, 0.1) is 40.5 Å². The second kappa shape index (κ2) is 7.87. The van der Waals surface area contributed by atoms with E-state index in [9.17, 15) is 4.79 Å². The minimum atomic E-state index is -0.0438. The fourth-order valence-electron chi connectivity index (χ4n) is 3.70. The summed E-state index contributed by atoms with van der Waals surface area (Å²) in [7, 11) is 0. The van der Waals surface area contributed by atoms with E-state index in [1.807, 2.05) is 18.2 Å². The fraction of sp³-hybridized carbons (Fsp3) is 0.286. The van der Waals surface area contributed by atoms with E-state index in [-0.39, 0.29) is 5.91 Å². The number of carbonyl (C=O) groups is 1. The SMILES string of the molecule is N#Cc1ccccc1NC(=O)C[NH+]1CCC[C@@H](c2nc3ccccc3s2)C1. The number of nitriles is 1. The zero-order chi connectivity index (χ0) is 18.6. The van der Waals surface area contributed by atoms with Crippen molar-refractivity contribution >= 4 is 33.1 Å². The van der Waals surface area contributed by atoms with Crippen LogP contribution in [0.4, 0.5) is 5.69 Å². The summed E-state index contributed by atoms with van der Waals surface area (Å²) in [5.41, 5.74) is 2.14. The van der Waals surface area contributed by atoms with E-state index >= 15 is 0 Å². The van der Waals surface area contributed by atoms with Crippen LogP contribution in [0.1, 0.15) is 29.3 Å². The number of thiazole rings is 1. The van der Waals surface area contributed by atoms with Crippen LogP contribution in [0, 0.1) is 11.3 Å². The van der Waals surface area contributed by atoms with Crippen molar-refractivity contribution in [1.29, 1.82) is 5.26 Å². The molecule has 2 N–H and O–H groups in total. The van der Waals surface area contributed by atoms with Gasteiger partial charge in [-0.3, -0.25) is 4.79 Å². The van der Waals surface area contributed by atoms with E-state index in [1.165, 1.54) is 14.6 Å². The molecule has 4 rings (SSSR count). The maximum Gasteiger partial charge on any atom is 0.279 e. The molecule has 1 aliphatic rings. The Kier molecular flexibility index (Phi) is 5.14. The summed E-state index contributed by atoms with van der Waals surface area (Å²) in [5.74, 6) is 0.364. The second-order valence-corrected chi connectivity index (χ2v) is 8.01. The van der Waals surface area contributed by atoms with Crippen molar-refractivity contribution in [2.45, 2.75) is 18.8 Å². The molecule has 136 valence electrons. The van der Waals surface area contributed by atoms with Crippen molar-refractivity contribution in [3.8, 4) is 6.07 Å². The van der Waals surface area contributed by atoms with Crippen molar-refractivity contribution in [2.24, 2.45) is 0 Å². The smallest absolute Gasteiger partial charge is 0.279 e. The van der Waals surface area contributed by atoms with Crippen LogP contribution in [0.15, 0.2) is 48.5 Å². The second-order valence-electron chi connectivity index (χ2n) is 6.95. The number of rotatable bonds is 4.